The maximum absolute atomic E-state index is 9.84. The number of fused-ring (bicyclic) bond motifs is 1. The number of aliphatic hydroxyl groups excluding tert-OH is 1. The second-order valence-electron chi connectivity index (χ2n) is 4.03. The van der Waals surface area contributed by atoms with Crippen LogP contribution < -0.4 is 0 Å². The van der Waals surface area contributed by atoms with Crippen molar-refractivity contribution in [3.05, 3.63) is 42.0 Å². The van der Waals surface area contributed by atoms with Crippen molar-refractivity contribution in [1.29, 1.82) is 0 Å². The number of aromatic hydroxyl groups is 1. The molecule has 0 aliphatic heterocycles. The van der Waals surface area contributed by atoms with E-state index in [2.05, 4.69) is 4.99 Å². The molecule has 3 nitrogen and oxygen atoms in total. The van der Waals surface area contributed by atoms with Crippen molar-refractivity contribution in [2.75, 3.05) is 6.61 Å². The van der Waals surface area contributed by atoms with E-state index < -0.39 is 0 Å². The Morgan fingerprint density at radius 1 is 1.24 bits per heavy atom. The predicted molar refractivity (Wildman–Crippen MR) is 69.8 cm³/mol. The number of nitrogens with zero attached hydrogens (tertiary/aromatic N) is 1. The minimum atomic E-state index is -0.159. The van der Waals surface area contributed by atoms with Crippen molar-refractivity contribution in [1.82, 2.24) is 0 Å². The molecular formula is C14H15NO2. The Labute approximate surface area is 100 Å². The Morgan fingerprint density at radius 2 is 2.00 bits per heavy atom. The van der Waals surface area contributed by atoms with Gasteiger partial charge in [-0.2, -0.15) is 0 Å². The fourth-order valence-electron chi connectivity index (χ4n) is 1.67. The summed E-state index contributed by atoms with van der Waals surface area (Å²) >= 11 is 0. The molecule has 0 spiro atoms. The molecule has 2 aromatic rings. The van der Waals surface area contributed by atoms with Gasteiger partial charge in [0.05, 0.1) is 12.6 Å². The minimum absolute atomic E-state index is 0.00201. The van der Waals surface area contributed by atoms with E-state index in [1.54, 1.807) is 12.3 Å². The monoisotopic (exact) mass is 229 g/mol. The maximum atomic E-state index is 9.84. The molecule has 0 aliphatic rings. The topological polar surface area (TPSA) is 52.8 Å². The Bertz CT molecular complexity index is 549. The lowest BCUT2D eigenvalue weighted by molar-refractivity contribution is 0.275. The lowest BCUT2D eigenvalue weighted by Gasteiger charge is -2.05. The number of benzene rings is 2. The molecule has 17 heavy (non-hydrogen) atoms. The zero-order valence-corrected chi connectivity index (χ0v) is 9.67. The molecule has 0 fully saturated rings. The standard InChI is InChI=1S/C14H15NO2/c1-10(9-16)15-8-13-12-5-3-2-4-11(12)6-7-14(13)17/h2-8,10,16-17H,9H2,1H3. The van der Waals surface area contributed by atoms with Gasteiger partial charge in [-0.1, -0.05) is 30.3 Å². The van der Waals surface area contributed by atoms with Crippen LogP contribution in [0.3, 0.4) is 0 Å². The molecule has 1 atom stereocenters. The van der Waals surface area contributed by atoms with Gasteiger partial charge in [-0.3, -0.25) is 4.99 Å². The number of hydrogen-bond acceptors (Lipinski definition) is 3. The van der Waals surface area contributed by atoms with E-state index in [-0.39, 0.29) is 18.4 Å². The van der Waals surface area contributed by atoms with Crippen LogP contribution in [-0.2, 0) is 0 Å². The van der Waals surface area contributed by atoms with Crippen LogP contribution in [0.5, 0.6) is 5.75 Å². The van der Waals surface area contributed by atoms with Crippen LogP contribution in [0.2, 0.25) is 0 Å². The molecule has 0 amide bonds. The SMILES string of the molecule is CC(CO)N=Cc1c(O)ccc2ccccc12. The van der Waals surface area contributed by atoms with Gasteiger partial charge in [0.25, 0.3) is 0 Å². The molecule has 2 rings (SSSR count). The van der Waals surface area contributed by atoms with E-state index in [1.165, 1.54) is 0 Å². The zero-order chi connectivity index (χ0) is 12.3. The third-order valence-electron chi connectivity index (χ3n) is 2.67. The summed E-state index contributed by atoms with van der Waals surface area (Å²) < 4.78 is 0. The second-order valence-corrected chi connectivity index (χ2v) is 4.03. The molecule has 0 radical (unpaired) electrons. The maximum Gasteiger partial charge on any atom is 0.124 e. The minimum Gasteiger partial charge on any atom is -0.507 e. The van der Waals surface area contributed by atoms with E-state index in [0.717, 1.165) is 10.8 Å². The number of aliphatic imine (C=N–C) groups is 1. The average Bonchev–Trinajstić information content (AvgIpc) is 2.37. The van der Waals surface area contributed by atoms with Crippen LogP contribution >= 0.6 is 0 Å². The highest BCUT2D eigenvalue weighted by Gasteiger charge is 2.04. The van der Waals surface area contributed by atoms with Crippen molar-refractivity contribution < 1.29 is 10.2 Å². The van der Waals surface area contributed by atoms with E-state index >= 15 is 0 Å². The summed E-state index contributed by atoms with van der Waals surface area (Å²) in [7, 11) is 0. The third kappa shape index (κ3) is 2.45. The molecule has 3 heteroatoms. The molecular weight excluding hydrogens is 214 g/mol. The molecule has 2 N–H and O–H groups in total. The molecule has 0 bridgehead atoms. The Hall–Kier alpha value is -1.87. The van der Waals surface area contributed by atoms with Crippen LogP contribution in [0.1, 0.15) is 12.5 Å². The fourth-order valence-corrected chi connectivity index (χ4v) is 1.67. The van der Waals surface area contributed by atoms with Crippen LogP contribution in [0.4, 0.5) is 0 Å². The first kappa shape index (κ1) is 11.6. The molecule has 0 saturated carbocycles. The zero-order valence-electron chi connectivity index (χ0n) is 9.67. The molecule has 0 aliphatic carbocycles. The van der Waals surface area contributed by atoms with E-state index in [1.807, 2.05) is 37.3 Å². The number of phenols is 1. The largest absolute Gasteiger partial charge is 0.507 e. The van der Waals surface area contributed by atoms with Crippen LogP contribution in [0.15, 0.2) is 41.4 Å². The molecule has 0 saturated heterocycles. The highest BCUT2D eigenvalue weighted by atomic mass is 16.3. The second kappa shape index (κ2) is 4.97. The number of aliphatic hydroxyl groups is 1. The van der Waals surface area contributed by atoms with Crippen molar-refractivity contribution in [2.45, 2.75) is 13.0 Å². The number of phenolic OH excluding ortho intramolecular Hbond substituents is 1. The normalized spacial score (nSPS) is 13.3. The van der Waals surface area contributed by atoms with Crippen LogP contribution in [-0.4, -0.2) is 29.1 Å². The Kier molecular flexibility index (Phi) is 3.40. The summed E-state index contributed by atoms with van der Waals surface area (Å²) in [6, 6.07) is 11.2. The van der Waals surface area contributed by atoms with Gasteiger partial charge in [-0.15, -0.1) is 0 Å². The quantitative estimate of drug-likeness (QED) is 0.794. The third-order valence-corrected chi connectivity index (χ3v) is 2.67. The van der Waals surface area contributed by atoms with Gasteiger partial charge in [-0.05, 0) is 23.8 Å². The highest BCUT2D eigenvalue weighted by Crippen LogP contribution is 2.25. The fraction of sp³-hybridized carbons (Fsp3) is 0.214. The number of rotatable bonds is 3. The van der Waals surface area contributed by atoms with Crippen LogP contribution in [0.25, 0.3) is 10.8 Å². The van der Waals surface area contributed by atoms with Crippen molar-refractivity contribution in [3.63, 3.8) is 0 Å². The first-order chi connectivity index (χ1) is 8.22. The summed E-state index contributed by atoms with van der Waals surface area (Å²) in [6.07, 6.45) is 1.62. The summed E-state index contributed by atoms with van der Waals surface area (Å²) in [5, 5.41) is 20.8. The first-order valence-electron chi connectivity index (χ1n) is 5.57. The summed E-state index contributed by atoms with van der Waals surface area (Å²) in [6.45, 7) is 1.82. The number of hydrogen-bond donors (Lipinski definition) is 2. The predicted octanol–water partition coefficient (Wildman–Crippen LogP) is 2.35. The highest BCUT2D eigenvalue weighted by molar-refractivity contribution is 6.02. The van der Waals surface area contributed by atoms with E-state index in [0.29, 0.717) is 5.56 Å². The van der Waals surface area contributed by atoms with Gasteiger partial charge in [-0.25, -0.2) is 0 Å². The summed E-state index contributed by atoms with van der Waals surface area (Å²) in [5.74, 6) is 0.206. The average molecular weight is 229 g/mol. The summed E-state index contributed by atoms with van der Waals surface area (Å²) in [4.78, 5) is 4.19. The smallest absolute Gasteiger partial charge is 0.124 e. The van der Waals surface area contributed by atoms with Gasteiger partial charge in [0.2, 0.25) is 0 Å². The Balaban J connectivity index is 2.51. The van der Waals surface area contributed by atoms with Gasteiger partial charge < -0.3 is 10.2 Å². The van der Waals surface area contributed by atoms with E-state index in [4.69, 9.17) is 5.11 Å². The summed E-state index contributed by atoms with van der Waals surface area (Å²) in [5.41, 5.74) is 0.698. The molecule has 2 aromatic carbocycles. The molecule has 0 heterocycles. The van der Waals surface area contributed by atoms with Gasteiger partial charge in [0.15, 0.2) is 0 Å². The lowest BCUT2D eigenvalue weighted by Crippen LogP contribution is -2.04. The molecule has 0 aromatic heterocycles. The molecule has 1 unspecified atom stereocenters. The lowest BCUT2D eigenvalue weighted by atomic mass is 10.0. The van der Waals surface area contributed by atoms with Gasteiger partial charge in [0.1, 0.15) is 5.75 Å². The van der Waals surface area contributed by atoms with Crippen LogP contribution in [0, 0.1) is 0 Å². The molecule has 88 valence electrons. The van der Waals surface area contributed by atoms with Gasteiger partial charge >= 0.3 is 0 Å². The van der Waals surface area contributed by atoms with Crippen molar-refractivity contribution in [3.8, 4) is 5.75 Å². The van der Waals surface area contributed by atoms with Gasteiger partial charge in [0, 0.05) is 11.8 Å². The van der Waals surface area contributed by atoms with Crippen molar-refractivity contribution in [2.24, 2.45) is 4.99 Å². The first-order valence-corrected chi connectivity index (χ1v) is 5.57. The Morgan fingerprint density at radius 3 is 2.76 bits per heavy atom. The van der Waals surface area contributed by atoms with E-state index in [9.17, 15) is 5.11 Å². The van der Waals surface area contributed by atoms with Crippen molar-refractivity contribution >= 4 is 17.0 Å².